The number of carbonyl (C=O) groups excluding carboxylic acids is 2. The molecule has 2 bridgehead atoms. The van der Waals surface area contributed by atoms with Gasteiger partial charge >= 0.3 is 0 Å². The number of hydrogen-bond donors (Lipinski definition) is 0. The van der Waals surface area contributed by atoms with Gasteiger partial charge in [-0.3, -0.25) is 9.59 Å². The van der Waals surface area contributed by atoms with Gasteiger partial charge in [0.05, 0.1) is 11.8 Å². The van der Waals surface area contributed by atoms with E-state index in [9.17, 15) is 9.59 Å². The molecule has 0 aliphatic heterocycles. The van der Waals surface area contributed by atoms with E-state index in [2.05, 4.69) is 52.8 Å². The van der Waals surface area contributed by atoms with Crippen molar-refractivity contribution in [3.63, 3.8) is 0 Å². The Labute approximate surface area is 120 Å². The van der Waals surface area contributed by atoms with E-state index in [0.29, 0.717) is 0 Å². The third-order valence-electron chi connectivity index (χ3n) is 5.01. The van der Waals surface area contributed by atoms with Crippen LogP contribution in [0.3, 0.4) is 0 Å². The molecule has 2 heteroatoms. The second kappa shape index (κ2) is 4.03. The molecule has 0 saturated heterocycles. The average molecular weight is 270 g/mol. The molecule has 0 amide bonds. The number of hydrogen-bond acceptors (Lipinski definition) is 2. The molecule has 1 saturated carbocycles. The first-order valence-corrected chi connectivity index (χ1v) is 7.39. The summed E-state index contributed by atoms with van der Waals surface area (Å²) in [5.74, 6) is -0.428. The van der Waals surface area contributed by atoms with Crippen molar-refractivity contribution in [1.82, 2.24) is 0 Å². The molecular formula is C18H22O2. The van der Waals surface area contributed by atoms with Gasteiger partial charge in [-0.2, -0.15) is 0 Å². The fourth-order valence-corrected chi connectivity index (χ4v) is 4.09. The molecule has 20 heavy (non-hydrogen) atoms. The predicted molar refractivity (Wildman–Crippen MR) is 79.0 cm³/mol. The second-order valence-corrected chi connectivity index (χ2v) is 7.52. The van der Waals surface area contributed by atoms with Crippen LogP contribution < -0.4 is 0 Å². The highest BCUT2D eigenvalue weighted by Gasteiger charge is 2.56. The van der Waals surface area contributed by atoms with E-state index in [1.165, 1.54) is 11.1 Å². The number of carbonyl (C=O) groups is 2. The first kappa shape index (κ1) is 13.5. The van der Waals surface area contributed by atoms with E-state index in [-0.39, 0.29) is 40.7 Å². The van der Waals surface area contributed by atoms with Crippen molar-refractivity contribution in [3.8, 4) is 0 Å². The van der Waals surface area contributed by atoms with Crippen molar-refractivity contribution in [3.05, 3.63) is 34.9 Å². The molecule has 4 rings (SSSR count). The summed E-state index contributed by atoms with van der Waals surface area (Å²) in [6.45, 7) is 10.6. The van der Waals surface area contributed by atoms with Crippen molar-refractivity contribution in [2.75, 3.05) is 0 Å². The SMILES string of the molecule is CC(C)=C1C=C[C@H]2C3C=C(C(C)(C)C)C(C(=O)C3=O)[C@@H]12. The highest BCUT2D eigenvalue weighted by Crippen LogP contribution is 2.55. The summed E-state index contributed by atoms with van der Waals surface area (Å²) in [5.41, 5.74) is 3.63. The zero-order valence-electron chi connectivity index (χ0n) is 12.9. The number of fused-ring (bicyclic) bond motifs is 1. The summed E-state index contributed by atoms with van der Waals surface area (Å²) < 4.78 is 0. The second-order valence-electron chi connectivity index (χ2n) is 7.52. The van der Waals surface area contributed by atoms with Crippen LogP contribution in [-0.2, 0) is 9.59 Å². The maximum atomic E-state index is 12.5. The molecule has 4 aliphatic carbocycles. The lowest BCUT2D eigenvalue weighted by molar-refractivity contribution is -0.146. The molecule has 0 aromatic carbocycles. The van der Waals surface area contributed by atoms with Crippen LogP contribution in [0.1, 0.15) is 34.6 Å². The van der Waals surface area contributed by atoms with Gasteiger partial charge in [-0.15, -0.1) is 0 Å². The normalized spacial score (nSPS) is 35.5. The lowest BCUT2D eigenvalue weighted by Gasteiger charge is -2.46. The van der Waals surface area contributed by atoms with E-state index in [1.54, 1.807) is 0 Å². The number of Topliss-reactive ketones (excluding diaryl/α,β-unsaturated/α-hetero) is 2. The molecule has 0 spiro atoms. The van der Waals surface area contributed by atoms with Crippen LogP contribution in [0, 0.1) is 29.1 Å². The molecule has 2 unspecified atom stereocenters. The first-order chi connectivity index (χ1) is 9.23. The fraction of sp³-hybridized carbons (Fsp3) is 0.556. The molecule has 0 radical (unpaired) electrons. The van der Waals surface area contributed by atoms with Gasteiger partial charge in [0.15, 0.2) is 0 Å². The smallest absolute Gasteiger partial charge is 0.206 e. The van der Waals surface area contributed by atoms with Crippen LogP contribution in [0.5, 0.6) is 0 Å². The minimum atomic E-state index is -0.239. The van der Waals surface area contributed by atoms with Gasteiger partial charge in [0.1, 0.15) is 0 Å². The van der Waals surface area contributed by atoms with Crippen molar-refractivity contribution in [1.29, 1.82) is 0 Å². The Morgan fingerprint density at radius 1 is 1.10 bits per heavy atom. The topological polar surface area (TPSA) is 34.1 Å². The quantitative estimate of drug-likeness (QED) is 0.499. The van der Waals surface area contributed by atoms with E-state index in [0.717, 1.165) is 5.57 Å². The summed E-state index contributed by atoms with van der Waals surface area (Å²) in [4.78, 5) is 24.7. The molecular weight excluding hydrogens is 248 g/mol. The maximum Gasteiger partial charge on any atom is 0.206 e. The Kier molecular flexibility index (Phi) is 2.73. The first-order valence-electron chi connectivity index (χ1n) is 7.39. The van der Waals surface area contributed by atoms with Gasteiger partial charge < -0.3 is 0 Å². The van der Waals surface area contributed by atoms with Crippen LogP contribution in [-0.4, -0.2) is 11.6 Å². The molecule has 1 fully saturated rings. The van der Waals surface area contributed by atoms with E-state index >= 15 is 0 Å². The Balaban J connectivity index is 2.18. The fourth-order valence-electron chi connectivity index (χ4n) is 4.09. The van der Waals surface area contributed by atoms with Gasteiger partial charge in [0.2, 0.25) is 11.6 Å². The maximum absolute atomic E-state index is 12.5. The van der Waals surface area contributed by atoms with Crippen LogP contribution in [0.4, 0.5) is 0 Å². The third-order valence-corrected chi connectivity index (χ3v) is 5.01. The van der Waals surface area contributed by atoms with Gasteiger partial charge in [-0.25, -0.2) is 0 Å². The Morgan fingerprint density at radius 2 is 1.75 bits per heavy atom. The highest BCUT2D eigenvalue weighted by molar-refractivity contribution is 6.41. The van der Waals surface area contributed by atoms with Crippen LogP contribution in [0.15, 0.2) is 34.9 Å². The molecule has 2 nitrogen and oxygen atoms in total. The van der Waals surface area contributed by atoms with Crippen LogP contribution in [0.25, 0.3) is 0 Å². The lowest BCUT2D eigenvalue weighted by Crippen LogP contribution is -2.51. The minimum absolute atomic E-state index is 0.0560. The number of rotatable bonds is 0. The highest BCUT2D eigenvalue weighted by atomic mass is 16.2. The Hall–Kier alpha value is -1.44. The monoisotopic (exact) mass is 270 g/mol. The van der Waals surface area contributed by atoms with Crippen LogP contribution in [0.2, 0.25) is 0 Å². The Bertz CT molecular complexity index is 591. The summed E-state index contributed by atoms with van der Waals surface area (Å²) in [6.07, 6.45) is 6.37. The molecule has 4 atom stereocenters. The van der Waals surface area contributed by atoms with Gasteiger partial charge in [0, 0.05) is 5.92 Å². The van der Waals surface area contributed by atoms with Crippen LogP contribution >= 0.6 is 0 Å². The van der Waals surface area contributed by atoms with Crippen molar-refractivity contribution in [2.24, 2.45) is 29.1 Å². The molecule has 0 aromatic heterocycles. The summed E-state index contributed by atoms with van der Waals surface area (Å²) >= 11 is 0. The minimum Gasteiger partial charge on any atom is -0.290 e. The van der Waals surface area contributed by atoms with E-state index in [1.807, 2.05) is 0 Å². The van der Waals surface area contributed by atoms with E-state index in [4.69, 9.17) is 0 Å². The lowest BCUT2D eigenvalue weighted by atomic mass is 9.54. The standard InChI is InChI=1S/C18H22O2/c1-9(2)10-6-7-11-12-8-13(18(3,4)5)15(14(10)11)17(20)16(12)19/h6-8,11-12,14-15H,1-5H3/t11-,12?,14-,15?/m0/s1. The predicted octanol–water partition coefficient (Wildman–Crippen LogP) is 3.50. The van der Waals surface area contributed by atoms with E-state index < -0.39 is 0 Å². The summed E-state index contributed by atoms with van der Waals surface area (Å²) in [6, 6.07) is 0. The largest absolute Gasteiger partial charge is 0.290 e. The van der Waals surface area contributed by atoms with Crippen molar-refractivity contribution < 1.29 is 9.59 Å². The molecule has 4 aliphatic rings. The van der Waals surface area contributed by atoms with Gasteiger partial charge in [-0.05, 0) is 30.8 Å². The molecule has 0 heterocycles. The van der Waals surface area contributed by atoms with Crippen molar-refractivity contribution >= 4 is 11.6 Å². The van der Waals surface area contributed by atoms with Gasteiger partial charge in [-0.1, -0.05) is 50.1 Å². The van der Waals surface area contributed by atoms with Gasteiger partial charge in [0.25, 0.3) is 0 Å². The number of ketones is 2. The number of allylic oxidation sites excluding steroid dienone is 6. The summed E-state index contributed by atoms with van der Waals surface area (Å²) in [7, 11) is 0. The average Bonchev–Trinajstić information content (AvgIpc) is 2.77. The zero-order valence-corrected chi connectivity index (χ0v) is 12.9. The molecule has 0 aromatic rings. The summed E-state index contributed by atoms with van der Waals surface area (Å²) in [5, 5.41) is 0. The Morgan fingerprint density at radius 3 is 2.30 bits per heavy atom. The van der Waals surface area contributed by atoms with Crippen molar-refractivity contribution in [2.45, 2.75) is 34.6 Å². The molecule has 106 valence electrons. The molecule has 0 N–H and O–H groups in total. The third kappa shape index (κ3) is 1.63. The zero-order chi connectivity index (χ0) is 14.8.